The first kappa shape index (κ1) is 13.2. The number of fused-ring (bicyclic) bond motifs is 1. The van der Waals surface area contributed by atoms with Crippen LogP contribution >= 0.6 is 11.8 Å². The van der Waals surface area contributed by atoms with Crippen molar-refractivity contribution in [2.24, 2.45) is 16.6 Å². The topological polar surface area (TPSA) is 67.5 Å². The lowest BCUT2D eigenvalue weighted by Crippen LogP contribution is -2.47. The van der Waals surface area contributed by atoms with Gasteiger partial charge in [-0.15, -0.1) is 11.8 Å². The largest absolute Gasteiger partial charge is 0.370 e. The van der Waals surface area contributed by atoms with Gasteiger partial charge in [-0.25, -0.2) is 9.38 Å². The Morgan fingerprint density at radius 3 is 2.95 bits per heavy atom. The Morgan fingerprint density at radius 2 is 2.20 bits per heavy atom. The molecule has 0 spiro atoms. The van der Waals surface area contributed by atoms with Gasteiger partial charge in [-0.2, -0.15) is 0 Å². The van der Waals surface area contributed by atoms with Gasteiger partial charge >= 0.3 is 0 Å². The number of nitrogens with zero attached hydrogens (tertiary/aromatic N) is 1. The van der Waals surface area contributed by atoms with Gasteiger partial charge in [-0.3, -0.25) is 10.1 Å². The summed E-state index contributed by atoms with van der Waals surface area (Å²) in [4.78, 5) is 17.2. The second kappa shape index (κ2) is 4.94. The van der Waals surface area contributed by atoms with Crippen LogP contribution in [0.25, 0.3) is 0 Å². The van der Waals surface area contributed by atoms with E-state index >= 15 is 0 Å². The van der Waals surface area contributed by atoms with Gasteiger partial charge in [0.15, 0.2) is 5.96 Å². The number of carbonyl (C=O) groups excluding carboxylic acids is 1. The maximum atomic E-state index is 13.7. The Kier molecular flexibility index (Phi) is 3.25. The van der Waals surface area contributed by atoms with E-state index in [-0.39, 0.29) is 29.0 Å². The van der Waals surface area contributed by atoms with E-state index in [1.54, 1.807) is 12.1 Å². The lowest BCUT2D eigenvalue weighted by molar-refractivity contribution is -0.122. The van der Waals surface area contributed by atoms with Gasteiger partial charge in [0.25, 0.3) is 0 Å². The fourth-order valence-electron chi connectivity index (χ4n) is 2.49. The maximum absolute atomic E-state index is 13.7. The van der Waals surface area contributed by atoms with E-state index in [0.717, 1.165) is 10.5 Å². The second-order valence-corrected chi connectivity index (χ2v) is 6.08. The predicted octanol–water partition coefficient (Wildman–Crippen LogP) is 1.78. The van der Waals surface area contributed by atoms with Crippen LogP contribution < -0.4 is 11.1 Å². The zero-order valence-corrected chi connectivity index (χ0v) is 11.7. The van der Waals surface area contributed by atoms with E-state index in [1.165, 1.54) is 17.8 Å². The Hall–Kier alpha value is -1.82. The SMILES string of the molecule is CC1=C(Cc2ccccc2F)SC2N=C(N)NC(=O)C12. The van der Waals surface area contributed by atoms with Gasteiger partial charge < -0.3 is 5.73 Å². The summed E-state index contributed by atoms with van der Waals surface area (Å²) in [5.74, 6) is -0.496. The Labute approximate surface area is 120 Å². The first-order valence-corrected chi connectivity index (χ1v) is 7.18. The molecule has 104 valence electrons. The molecule has 0 saturated heterocycles. The van der Waals surface area contributed by atoms with E-state index in [0.29, 0.717) is 12.0 Å². The number of nitrogens with two attached hydrogens (primary N) is 1. The number of hydrogen-bond acceptors (Lipinski definition) is 4. The molecule has 3 rings (SSSR count). The summed E-state index contributed by atoms with van der Waals surface area (Å²) in [6.45, 7) is 1.91. The highest BCUT2D eigenvalue weighted by atomic mass is 32.2. The molecule has 0 radical (unpaired) electrons. The maximum Gasteiger partial charge on any atom is 0.236 e. The Morgan fingerprint density at radius 1 is 1.45 bits per heavy atom. The van der Waals surface area contributed by atoms with Crippen LogP contribution in [0, 0.1) is 11.7 Å². The fraction of sp³-hybridized carbons (Fsp3) is 0.286. The minimum Gasteiger partial charge on any atom is -0.370 e. The first-order chi connectivity index (χ1) is 9.56. The summed E-state index contributed by atoms with van der Waals surface area (Å²) < 4.78 is 13.7. The smallest absolute Gasteiger partial charge is 0.236 e. The molecule has 2 aliphatic heterocycles. The van der Waals surface area contributed by atoms with Gasteiger partial charge in [0.05, 0.1) is 5.92 Å². The summed E-state index contributed by atoms with van der Waals surface area (Å²) in [7, 11) is 0. The van der Waals surface area contributed by atoms with Crippen molar-refractivity contribution in [1.29, 1.82) is 0 Å². The number of hydrogen-bond donors (Lipinski definition) is 2. The van der Waals surface area contributed by atoms with Gasteiger partial charge in [0.1, 0.15) is 11.2 Å². The lowest BCUT2D eigenvalue weighted by Gasteiger charge is -2.22. The van der Waals surface area contributed by atoms with Crippen molar-refractivity contribution >= 4 is 23.6 Å². The molecule has 0 fully saturated rings. The van der Waals surface area contributed by atoms with Crippen LogP contribution in [0.15, 0.2) is 39.7 Å². The first-order valence-electron chi connectivity index (χ1n) is 6.30. The molecule has 6 heteroatoms. The van der Waals surface area contributed by atoms with Gasteiger partial charge in [0, 0.05) is 6.42 Å². The normalized spacial score (nSPS) is 25.3. The van der Waals surface area contributed by atoms with Crippen molar-refractivity contribution in [1.82, 2.24) is 5.32 Å². The third-order valence-corrected chi connectivity index (χ3v) is 4.93. The molecule has 1 aromatic carbocycles. The third-order valence-electron chi connectivity index (χ3n) is 3.56. The minimum absolute atomic E-state index is 0.129. The average Bonchev–Trinajstić information content (AvgIpc) is 2.69. The number of carbonyl (C=O) groups is 1. The number of amides is 1. The molecular formula is C14H14FN3OS. The van der Waals surface area contributed by atoms with Gasteiger partial charge in [-0.05, 0) is 29.0 Å². The summed E-state index contributed by atoms with van der Waals surface area (Å²) in [6, 6.07) is 6.68. The molecule has 2 unspecified atom stereocenters. The molecule has 4 nitrogen and oxygen atoms in total. The quantitative estimate of drug-likeness (QED) is 0.872. The van der Waals surface area contributed by atoms with Crippen LogP contribution in [0.3, 0.4) is 0 Å². The van der Waals surface area contributed by atoms with Crippen LogP contribution in [0.4, 0.5) is 4.39 Å². The molecule has 2 heterocycles. The fourth-order valence-corrected chi connectivity index (χ4v) is 3.96. The molecule has 1 amide bonds. The van der Waals surface area contributed by atoms with E-state index in [1.807, 2.05) is 13.0 Å². The number of allylic oxidation sites excluding steroid dienone is 1. The standard InChI is InChI=1S/C14H14FN3OS/c1-7-10(6-8-4-2-3-5-9(8)15)20-13-11(7)12(19)17-14(16)18-13/h2-5,11,13H,6H2,1H3,(H3,16,17,18,19). The van der Waals surface area contributed by atoms with E-state index in [2.05, 4.69) is 10.3 Å². The molecular weight excluding hydrogens is 277 g/mol. The van der Waals surface area contributed by atoms with Crippen LogP contribution in [0.2, 0.25) is 0 Å². The highest BCUT2D eigenvalue weighted by molar-refractivity contribution is 8.04. The number of rotatable bonds is 2. The number of thioether (sulfide) groups is 1. The van der Waals surface area contributed by atoms with Crippen molar-refractivity contribution in [3.8, 4) is 0 Å². The predicted molar refractivity (Wildman–Crippen MR) is 77.4 cm³/mol. The molecule has 0 bridgehead atoms. The number of aliphatic imine (C=N–C) groups is 1. The van der Waals surface area contributed by atoms with Gasteiger partial charge in [-0.1, -0.05) is 18.2 Å². The third kappa shape index (κ3) is 2.20. The molecule has 20 heavy (non-hydrogen) atoms. The number of nitrogens with one attached hydrogen (secondary N) is 1. The number of guanidine groups is 1. The van der Waals surface area contributed by atoms with Crippen LogP contribution in [0.1, 0.15) is 12.5 Å². The molecule has 0 aromatic heterocycles. The molecule has 1 aromatic rings. The van der Waals surface area contributed by atoms with Crippen molar-refractivity contribution < 1.29 is 9.18 Å². The summed E-state index contributed by atoms with van der Waals surface area (Å²) >= 11 is 1.50. The van der Waals surface area contributed by atoms with Crippen molar-refractivity contribution in [2.75, 3.05) is 0 Å². The minimum atomic E-state index is -0.297. The van der Waals surface area contributed by atoms with Crippen molar-refractivity contribution in [2.45, 2.75) is 18.7 Å². The number of halogens is 1. The zero-order chi connectivity index (χ0) is 14.3. The average molecular weight is 291 g/mol. The highest BCUT2D eigenvalue weighted by Crippen LogP contribution is 2.45. The lowest BCUT2D eigenvalue weighted by atomic mass is 9.96. The molecule has 0 aliphatic carbocycles. The van der Waals surface area contributed by atoms with E-state index in [9.17, 15) is 9.18 Å². The van der Waals surface area contributed by atoms with E-state index < -0.39 is 0 Å². The van der Waals surface area contributed by atoms with Crippen LogP contribution in [-0.4, -0.2) is 17.2 Å². The second-order valence-electron chi connectivity index (χ2n) is 4.86. The van der Waals surface area contributed by atoms with E-state index in [4.69, 9.17) is 5.73 Å². The van der Waals surface area contributed by atoms with Crippen molar-refractivity contribution in [3.05, 3.63) is 46.1 Å². The van der Waals surface area contributed by atoms with Crippen LogP contribution in [-0.2, 0) is 11.2 Å². The zero-order valence-electron chi connectivity index (χ0n) is 10.9. The molecule has 3 N–H and O–H groups in total. The van der Waals surface area contributed by atoms with Crippen molar-refractivity contribution in [3.63, 3.8) is 0 Å². The summed E-state index contributed by atoms with van der Waals surface area (Å²) in [5, 5.41) is 2.33. The Bertz CT molecular complexity index is 641. The summed E-state index contributed by atoms with van der Waals surface area (Å²) in [5.41, 5.74) is 7.16. The van der Waals surface area contributed by atoms with Gasteiger partial charge in [0.2, 0.25) is 5.91 Å². The molecule has 2 atom stereocenters. The monoisotopic (exact) mass is 291 g/mol. The van der Waals surface area contributed by atoms with Crippen LogP contribution in [0.5, 0.6) is 0 Å². The highest BCUT2D eigenvalue weighted by Gasteiger charge is 2.41. The summed E-state index contributed by atoms with van der Waals surface area (Å²) in [6.07, 6.45) is 0.485. The number of benzene rings is 1. The Balaban J connectivity index is 1.89. The molecule has 0 saturated carbocycles. The molecule has 2 aliphatic rings.